The van der Waals surface area contributed by atoms with Crippen LogP contribution in [0.1, 0.15) is 25.7 Å². The lowest BCUT2D eigenvalue weighted by molar-refractivity contribution is 0.172. The van der Waals surface area contributed by atoms with Crippen LogP contribution in [0.15, 0.2) is 0 Å². The number of hydrogen-bond acceptors (Lipinski definition) is 2. The molecule has 4 heteroatoms. The van der Waals surface area contributed by atoms with Gasteiger partial charge in [0.05, 0.1) is 0 Å². The Morgan fingerprint density at radius 1 is 1.15 bits per heavy atom. The molecule has 4 nitrogen and oxygen atoms in total. The molecule has 76 valence electrons. The van der Waals surface area contributed by atoms with Gasteiger partial charge in [0.2, 0.25) is 0 Å². The van der Waals surface area contributed by atoms with Crippen molar-refractivity contribution < 1.29 is 4.79 Å². The van der Waals surface area contributed by atoms with E-state index in [1.807, 2.05) is 19.0 Å². The van der Waals surface area contributed by atoms with Crippen molar-refractivity contribution in [2.45, 2.75) is 25.7 Å². The second kappa shape index (κ2) is 5.07. The van der Waals surface area contributed by atoms with Gasteiger partial charge in [-0.2, -0.15) is 0 Å². The molecule has 1 N–H and O–H groups in total. The van der Waals surface area contributed by atoms with Gasteiger partial charge in [0.25, 0.3) is 0 Å². The highest BCUT2D eigenvalue weighted by molar-refractivity contribution is 5.73. The first-order valence-electron chi connectivity index (χ1n) is 4.93. The van der Waals surface area contributed by atoms with Crippen molar-refractivity contribution in [3.05, 3.63) is 0 Å². The Morgan fingerprint density at radius 3 is 2.15 bits per heavy atom. The molecular weight excluding hydrogens is 166 g/mol. The summed E-state index contributed by atoms with van der Waals surface area (Å²) >= 11 is 0. The van der Waals surface area contributed by atoms with E-state index in [1.54, 1.807) is 5.01 Å². The minimum absolute atomic E-state index is 0.0342. The maximum atomic E-state index is 11.5. The van der Waals surface area contributed by atoms with E-state index < -0.39 is 0 Å². The highest BCUT2D eigenvalue weighted by Crippen LogP contribution is 2.09. The molecule has 2 amide bonds. The molecule has 0 aromatic rings. The topological polar surface area (TPSA) is 35.6 Å². The Labute approximate surface area is 79.9 Å². The Bertz CT molecular complexity index is 162. The van der Waals surface area contributed by atoms with Gasteiger partial charge in [-0.3, -0.25) is 5.43 Å². The van der Waals surface area contributed by atoms with Crippen LogP contribution in [0.5, 0.6) is 0 Å². The zero-order valence-corrected chi connectivity index (χ0v) is 8.55. The maximum absolute atomic E-state index is 11.5. The third kappa shape index (κ3) is 3.63. The second-order valence-electron chi connectivity index (χ2n) is 3.71. The van der Waals surface area contributed by atoms with E-state index in [-0.39, 0.29) is 6.03 Å². The first-order valence-corrected chi connectivity index (χ1v) is 4.93. The monoisotopic (exact) mass is 185 g/mol. The average Bonchev–Trinajstić information content (AvgIpc) is 2.29. The van der Waals surface area contributed by atoms with Gasteiger partial charge in [0.15, 0.2) is 0 Å². The molecule has 0 aromatic carbocycles. The van der Waals surface area contributed by atoms with Gasteiger partial charge in [-0.1, -0.05) is 12.8 Å². The first kappa shape index (κ1) is 10.3. The summed E-state index contributed by atoms with van der Waals surface area (Å²) in [5.74, 6) is 0. The number of likely N-dealkylation sites (tertiary alicyclic amines) is 1. The van der Waals surface area contributed by atoms with Crippen molar-refractivity contribution in [1.29, 1.82) is 0 Å². The van der Waals surface area contributed by atoms with Gasteiger partial charge >= 0.3 is 6.03 Å². The zero-order valence-electron chi connectivity index (χ0n) is 8.55. The third-order valence-electron chi connectivity index (χ3n) is 2.21. The molecule has 0 unspecified atom stereocenters. The molecule has 0 aliphatic carbocycles. The van der Waals surface area contributed by atoms with Crippen LogP contribution in [-0.4, -0.2) is 43.1 Å². The summed E-state index contributed by atoms with van der Waals surface area (Å²) in [5, 5.41) is 1.69. The van der Waals surface area contributed by atoms with Gasteiger partial charge in [-0.05, 0) is 12.8 Å². The molecule has 0 atom stereocenters. The lowest BCUT2D eigenvalue weighted by atomic mass is 10.2. The fourth-order valence-electron chi connectivity index (χ4n) is 1.54. The number of nitrogens with zero attached hydrogens (tertiary/aromatic N) is 2. The Hall–Kier alpha value is -0.770. The standard InChI is InChI=1S/C9H19N3O/c1-11(2)10-9(13)12-7-5-3-4-6-8-12/h3-8H2,1-2H3,(H,10,13). The second-order valence-corrected chi connectivity index (χ2v) is 3.71. The summed E-state index contributed by atoms with van der Waals surface area (Å²) in [5.41, 5.74) is 2.76. The number of rotatable bonds is 1. The zero-order chi connectivity index (χ0) is 9.68. The van der Waals surface area contributed by atoms with E-state index in [4.69, 9.17) is 0 Å². The van der Waals surface area contributed by atoms with Crippen LogP contribution in [0.3, 0.4) is 0 Å². The number of carbonyl (C=O) groups is 1. The van der Waals surface area contributed by atoms with Crippen LogP contribution in [-0.2, 0) is 0 Å². The number of hydrogen-bond donors (Lipinski definition) is 1. The molecule has 1 aliphatic rings. The van der Waals surface area contributed by atoms with Crippen molar-refractivity contribution in [3.63, 3.8) is 0 Å². The average molecular weight is 185 g/mol. The summed E-state index contributed by atoms with van der Waals surface area (Å²) < 4.78 is 0. The molecule has 0 spiro atoms. The van der Waals surface area contributed by atoms with Gasteiger partial charge in [-0.25, -0.2) is 9.80 Å². The molecule has 0 bridgehead atoms. The highest BCUT2D eigenvalue weighted by Gasteiger charge is 2.14. The normalized spacial score (nSPS) is 18.5. The van der Waals surface area contributed by atoms with Crippen LogP contribution >= 0.6 is 0 Å². The van der Waals surface area contributed by atoms with Crippen molar-refractivity contribution in [2.75, 3.05) is 27.2 Å². The fraction of sp³-hybridized carbons (Fsp3) is 0.889. The summed E-state index contributed by atoms with van der Waals surface area (Å²) in [7, 11) is 3.66. The van der Waals surface area contributed by atoms with E-state index in [0.717, 1.165) is 25.9 Å². The number of hydrazine groups is 1. The predicted molar refractivity (Wildman–Crippen MR) is 52.3 cm³/mol. The Balaban J connectivity index is 2.35. The van der Waals surface area contributed by atoms with Crippen molar-refractivity contribution in [2.24, 2.45) is 0 Å². The molecule has 0 saturated carbocycles. The summed E-state index contributed by atoms with van der Waals surface area (Å²) in [4.78, 5) is 13.4. The van der Waals surface area contributed by atoms with E-state index in [0.29, 0.717) is 0 Å². The van der Waals surface area contributed by atoms with E-state index in [1.165, 1.54) is 12.8 Å². The van der Waals surface area contributed by atoms with Crippen molar-refractivity contribution >= 4 is 6.03 Å². The van der Waals surface area contributed by atoms with Crippen molar-refractivity contribution in [1.82, 2.24) is 15.3 Å². The third-order valence-corrected chi connectivity index (χ3v) is 2.21. The smallest absolute Gasteiger partial charge is 0.324 e. The van der Waals surface area contributed by atoms with E-state index >= 15 is 0 Å². The van der Waals surface area contributed by atoms with Crippen LogP contribution in [0, 0.1) is 0 Å². The minimum Gasteiger partial charge on any atom is -0.324 e. The number of carbonyl (C=O) groups excluding carboxylic acids is 1. The predicted octanol–water partition coefficient (Wildman–Crippen LogP) is 1.05. The highest BCUT2D eigenvalue weighted by atomic mass is 16.2. The molecule has 1 heterocycles. The SMILES string of the molecule is CN(C)NC(=O)N1CCCCCC1. The molecule has 0 radical (unpaired) electrons. The van der Waals surface area contributed by atoms with E-state index in [2.05, 4.69) is 5.43 Å². The molecule has 13 heavy (non-hydrogen) atoms. The summed E-state index contributed by atoms with van der Waals surface area (Å²) in [6.45, 7) is 1.80. The molecule has 1 aliphatic heterocycles. The molecule has 1 saturated heterocycles. The molecule has 1 rings (SSSR count). The minimum atomic E-state index is 0.0342. The fourth-order valence-corrected chi connectivity index (χ4v) is 1.54. The lowest BCUT2D eigenvalue weighted by Crippen LogP contribution is -2.46. The first-order chi connectivity index (χ1) is 6.20. The summed E-state index contributed by atoms with van der Waals surface area (Å²) in [6.07, 6.45) is 4.79. The van der Waals surface area contributed by atoms with Crippen LogP contribution < -0.4 is 5.43 Å². The molecule has 1 fully saturated rings. The Kier molecular flexibility index (Phi) is 4.02. The largest absolute Gasteiger partial charge is 0.331 e. The van der Waals surface area contributed by atoms with Gasteiger partial charge < -0.3 is 4.90 Å². The Morgan fingerprint density at radius 2 is 1.69 bits per heavy atom. The lowest BCUT2D eigenvalue weighted by Gasteiger charge is -2.23. The maximum Gasteiger partial charge on any atom is 0.331 e. The quantitative estimate of drug-likeness (QED) is 0.620. The number of amides is 2. The number of nitrogens with one attached hydrogen (secondary N) is 1. The van der Waals surface area contributed by atoms with E-state index in [9.17, 15) is 4.79 Å². The molecule has 0 aromatic heterocycles. The van der Waals surface area contributed by atoms with Crippen molar-refractivity contribution in [3.8, 4) is 0 Å². The number of urea groups is 1. The summed E-state index contributed by atoms with van der Waals surface area (Å²) in [6, 6.07) is 0.0342. The van der Waals surface area contributed by atoms with Gasteiger partial charge in [0, 0.05) is 27.2 Å². The van der Waals surface area contributed by atoms with Crippen LogP contribution in [0.25, 0.3) is 0 Å². The van der Waals surface area contributed by atoms with Gasteiger partial charge in [0.1, 0.15) is 0 Å². The van der Waals surface area contributed by atoms with Gasteiger partial charge in [-0.15, -0.1) is 0 Å². The van der Waals surface area contributed by atoms with Crippen LogP contribution in [0.4, 0.5) is 4.79 Å². The molecular formula is C9H19N3O. The van der Waals surface area contributed by atoms with Crippen LogP contribution in [0.2, 0.25) is 0 Å².